The molecule has 0 aliphatic carbocycles. The van der Waals surface area contributed by atoms with E-state index in [2.05, 4.69) is 11.2 Å². The number of para-hydroxylation sites is 1. The number of hydrogen-bond donors (Lipinski definition) is 0. The third-order valence-corrected chi connectivity index (χ3v) is 3.50. The van der Waals surface area contributed by atoms with Gasteiger partial charge in [0.25, 0.3) is 0 Å². The SMILES string of the molecule is Cc1c(COc2ccccc2C#N)noc1-c1ccc(F)cc1. The maximum atomic E-state index is 13.0. The first-order valence-electron chi connectivity index (χ1n) is 7.02. The van der Waals surface area contributed by atoms with Crippen molar-refractivity contribution in [1.29, 1.82) is 5.26 Å². The molecule has 1 heterocycles. The summed E-state index contributed by atoms with van der Waals surface area (Å²) in [4.78, 5) is 0. The van der Waals surface area contributed by atoms with Crippen LogP contribution in [0.1, 0.15) is 16.8 Å². The van der Waals surface area contributed by atoms with E-state index in [0.29, 0.717) is 22.8 Å². The Balaban J connectivity index is 1.80. The molecule has 2 aromatic carbocycles. The van der Waals surface area contributed by atoms with Gasteiger partial charge in [-0.1, -0.05) is 17.3 Å². The summed E-state index contributed by atoms with van der Waals surface area (Å²) < 4.78 is 24.0. The molecule has 0 radical (unpaired) electrons. The zero-order chi connectivity index (χ0) is 16.2. The molecule has 0 amide bonds. The fourth-order valence-electron chi connectivity index (χ4n) is 2.20. The highest BCUT2D eigenvalue weighted by Crippen LogP contribution is 2.27. The van der Waals surface area contributed by atoms with E-state index in [9.17, 15) is 4.39 Å². The molecular formula is C18H13FN2O2. The van der Waals surface area contributed by atoms with Crippen LogP contribution in [-0.4, -0.2) is 5.16 Å². The van der Waals surface area contributed by atoms with Gasteiger partial charge < -0.3 is 9.26 Å². The molecule has 0 fully saturated rings. The second-order valence-corrected chi connectivity index (χ2v) is 4.99. The first-order chi connectivity index (χ1) is 11.2. The van der Waals surface area contributed by atoms with E-state index in [1.54, 1.807) is 36.4 Å². The van der Waals surface area contributed by atoms with Crippen LogP contribution in [0, 0.1) is 24.1 Å². The molecule has 0 aliphatic heterocycles. The Kier molecular flexibility index (Phi) is 4.07. The summed E-state index contributed by atoms with van der Waals surface area (Å²) in [5.41, 5.74) is 2.68. The highest BCUT2D eigenvalue weighted by Gasteiger charge is 2.15. The maximum absolute atomic E-state index is 13.0. The number of ether oxygens (including phenoxy) is 1. The molecule has 0 unspecified atom stereocenters. The highest BCUT2D eigenvalue weighted by atomic mass is 19.1. The normalized spacial score (nSPS) is 10.3. The summed E-state index contributed by atoms with van der Waals surface area (Å²) in [6.07, 6.45) is 0. The number of nitriles is 1. The summed E-state index contributed by atoms with van der Waals surface area (Å²) in [5.74, 6) is 0.778. The average molecular weight is 308 g/mol. The monoisotopic (exact) mass is 308 g/mol. The Bertz CT molecular complexity index is 863. The maximum Gasteiger partial charge on any atom is 0.170 e. The zero-order valence-corrected chi connectivity index (χ0v) is 12.4. The van der Waals surface area contributed by atoms with Gasteiger partial charge >= 0.3 is 0 Å². The molecule has 1 aromatic heterocycles. The molecule has 3 aromatic rings. The van der Waals surface area contributed by atoms with Gasteiger partial charge in [0, 0.05) is 11.1 Å². The van der Waals surface area contributed by atoms with Gasteiger partial charge in [-0.05, 0) is 43.3 Å². The molecule has 0 saturated carbocycles. The van der Waals surface area contributed by atoms with Gasteiger partial charge in [-0.25, -0.2) is 4.39 Å². The van der Waals surface area contributed by atoms with Crippen molar-refractivity contribution in [2.45, 2.75) is 13.5 Å². The van der Waals surface area contributed by atoms with Crippen LogP contribution in [0.15, 0.2) is 53.1 Å². The first kappa shape index (κ1) is 14.8. The number of benzene rings is 2. The van der Waals surface area contributed by atoms with Crippen molar-refractivity contribution in [3.63, 3.8) is 0 Å². The Hall–Kier alpha value is -3.13. The van der Waals surface area contributed by atoms with Gasteiger partial charge in [0.15, 0.2) is 5.76 Å². The van der Waals surface area contributed by atoms with Gasteiger partial charge in [0.05, 0.1) is 5.56 Å². The molecular weight excluding hydrogens is 295 g/mol. The second kappa shape index (κ2) is 6.32. The number of rotatable bonds is 4. The van der Waals surface area contributed by atoms with E-state index in [1.165, 1.54) is 12.1 Å². The van der Waals surface area contributed by atoms with Crippen molar-refractivity contribution in [2.24, 2.45) is 0 Å². The van der Waals surface area contributed by atoms with Crippen LogP contribution in [0.3, 0.4) is 0 Å². The minimum absolute atomic E-state index is 0.190. The number of aromatic nitrogens is 1. The minimum Gasteiger partial charge on any atom is -0.486 e. The quantitative estimate of drug-likeness (QED) is 0.723. The summed E-state index contributed by atoms with van der Waals surface area (Å²) in [6, 6.07) is 15.1. The Morgan fingerprint density at radius 3 is 2.65 bits per heavy atom. The van der Waals surface area contributed by atoms with Crippen molar-refractivity contribution in [3.8, 4) is 23.1 Å². The van der Waals surface area contributed by atoms with Gasteiger partial charge in [-0.15, -0.1) is 0 Å². The molecule has 4 nitrogen and oxygen atoms in total. The van der Waals surface area contributed by atoms with Gasteiger partial charge in [-0.3, -0.25) is 0 Å². The molecule has 5 heteroatoms. The Morgan fingerprint density at radius 1 is 1.17 bits per heavy atom. The predicted octanol–water partition coefficient (Wildman–Crippen LogP) is 4.24. The van der Waals surface area contributed by atoms with Crippen LogP contribution < -0.4 is 4.74 Å². The summed E-state index contributed by atoms with van der Waals surface area (Å²) >= 11 is 0. The molecule has 0 N–H and O–H groups in total. The smallest absolute Gasteiger partial charge is 0.170 e. The lowest BCUT2D eigenvalue weighted by Gasteiger charge is -2.06. The number of hydrogen-bond acceptors (Lipinski definition) is 4. The molecule has 0 saturated heterocycles. The van der Waals surface area contributed by atoms with Crippen LogP contribution in [0.25, 0.3) is 11.3 Å². The zero-order valence-electron chi connectivity index (χ0n) is 12.4. The van der Waals surface area contributed by atoms with Crippen molar-refractivity contribution in [1.82, 2.24) is 5.16 Å². The highest BCUT2D eigenvalue weighted by molar-refractivity contribution is 5.61. The first-order valence-corrected chi connectivity index (χ1v) is 7.02. The molecule has 0 spiro atoms. The van der Waals surface area contributed by atoms with Crippen molar-refractivity contribution in [3.05, 3.63) is 71.2 Å². The third-order valence-electron chi connectivity index (χ3n) is 3.50. The fraction of sp³-hybridized carbons (Fsp3) is 0.111. The lowest BCUT2D eigenvalue weighted by atomic mass is 10.1. The van der Waals surface area contributed by atoms with E-state index in [-0.39, 0.29) is 12.4 Å². The van der Waals surface area contributed by atoms with Crippen molar-refractivity contribution in [2.75, 3.05) is 0 Å². The second-order valence-electron chi connectivity index (χ2n) is 4.99. The molecule has 114 valence electrons. The average Bonchev–Trinajstić information content (AvgIpc) is 2.95. The Labute approximate surface area is 132 Å². The van der Waals surface area contributed by atoms with Crippen LogP contribution in [0.5, 0.6) is 5.75 Å². The summed E-state index contributed by atoms with van der Waals surface area (Å²) in [6.45, 7) is 2.05. The largest absolute Gasteiger partial charge is 0.486 e. The lowest BCUT2D eigenvalue weighted by molar-refractivity contribution is 0.289. The Morgan fingerprint density at radius 2 is 1.91 bits per heavy atom. The molecule has 0 atom stereocenters. The molecule has 0 bridgehead atoms. The van der Waals surface area contributed by atoms with Gasteiger partial charge in [-0.2, -0.15) is 5.26 Å². The van der Waals surface area contributed by atoms with Crippen LogP contribution in [0.4, 0.5) is 4.39 Å². The van der Waals surface area contributed by atoms with Crippen LogP contribution in [-0.2, 0) is 6.61 Å². The number of nitrogens with zero attached hydrogens (tertiary/aromatic N) is 2. The van der Waals surface area contributed by atoms with Crippen molar-refractivity contribution >= 4 is 0 Å². The van der Waals surface area contributed by atoms with E-state index in [4.69, 9.17) is 14.5 Å². The van der Waals surface area contributed by atoms with E-state index >= 15 is 0 Å². The molecule has 0 aliphatic rings. The van der Waals surface area contributed by atoms with E-state index in [0.717, 1.165) is 11.1 Å². The van der Waals surface area contributed by atoms with E-state index in [1.807, 2.05) is 6.92 Å². The topological polar surface area (TPSA) is 59.0 Å². The van der Waals surface area contributed by atoms with Crippen LogP contribution in [0.2, 0.25) is 0 Å². The third kappa shape index (κ3) is 3.06. The summed E-state index contributed by atoms with van der Waals surface area (Å²) in [5, 5.41) is 13.1. The van der Waals surface area contributed by atoms with Crippen molar-refractivity contribution < 1.29 is 13.7 Å². The standard InChI is InChI=1S/C18H13FN2O2/c1-12-16(11-22-17-5-3-2-4-14(17)10-20)21-23-18(12)13-6-8-15(19)9-7-13/h2-9H,11H2,1H3. The summed E-state index contributed by atoms with van der Waals surface area (Å²) in [7, 11) is 0. The van der Waals surface area contributed by atoms with Gasteiger partial charge in [0.2, 0.25) is 0 Å². The van der Waals surface area contributed by atoms with Crippen LogP contribution >= 0.6 is 0 Å². The lowest BCUT2D eigenvalue weighted by Crippen LogP contribution is -1.99. The fourth-order valence-corrected chi connectivity index (χ4v) is 2.20. The van der Waals surface area contributed by atoms with E-state index < -0.39 is 0 Å². The predicted molar refractivity (Wildman–Crippen MR) is 82.1 cm³/mol. The minimum atomic E-state index is -0.303. The molecule has 23 heavy (non-hydrogen) atoms. The number of halogens is 1. The van der Waals surface area contributed by atoms with Gasteiger partial charge in [0.1, 0.15) is 29.9 Å². The molecule has 3 rings (SSSR count).